The highest BCUT2D eigenvalue weighted by atomic mass is 16.2. The molecule has 17 heavy (non-hydrogen) atoms. The molecule has 1 heterocycles. The monoisotopic (exact) mass is 238 g/mol. The van der Waals surface area contributed by atoms with Gasteiger partial charge in [0, 0.05) is 0 Å². The molecular weight excluding hydrogens is 220 g/mol. The van der Waals surface area contributed by atoms with E-state index in [0.717, 1.165) is 12.8 Å². The second kappa shape index (κ2) is 5.12. The molecule has 1 saturated heterocycles. The molecule has 0 aliphatic carbocycles. The lowest BCUT2D eigenvalue weighted by Crippen LogP contribution is -2.62. The summed E-state index contributed by atoms with van der Waals surface area (Å²) in [5.41, 5.74) is -0.535. The van der Waals surface area contributed by atoms with Crippen LogP contribution < -0.4 is 10.6 Å². The van der Waals surface area contributed by atoms with E-state index in [2.05, 4.69) is 10.6 Å². The van der Waals surface area contributed by atoms with Crippen LogP contribution in [0.25, 0.3) is 0 Å². The van der Waals surface area contributed by atoms with Gasteiger partial charge in [-0.2, -0.15) is 0 Å². The number of rotatable bonds is 4. The van der Waals surface area contributed by atoms with Crippen LogP contribution in [0.1, 0.15) is 40.0 Å². The van der Waals surface area contributed by atoms with Crippen molar-refractivity contribution in [1.29, 1.82) is 0 Å². The number of unbranched alkanes of at least 4 members (excludes halogenated alkanes) is 1. The van der Waals surface area contributed by atoms with Crippen LogP contribution in [0.5, 0.6) is 0 Å². The molecule has 4 amide bonds. The lowest BCUT2D eigenvalue weighted by Gasteiger charge is -2.34. The van der Waals surface area contributed by atoms with Crippen molar-refractivity contribution in [2.75, 3.05) is 0 Å². The fraction of sp³-hybridized carbons (Fsp3) is 0.583. The third-order valence-corrected chi connectivity index (χ3v) is 3.17. The predicted octanol–water partition coefficient (Wildman–Crippen LogP) is 1.50. The number of allylic oxidation sites excluding steroid dienone is 1. The summed E-state index contributed by atoms with van der Waals surface area (Å²) in [5.74, 6) is -1.06. The average molecular weight is 238 g/mol. The standard InChI is InChI=1S/C12H18N2O3/c1-4-6-7-8(3)12(5-2)9(15)13-11(17)14-10(12)16/h7H,4-6H2,1-3H3,(H2,13,14,15,16,17). The Labute approximate surface area is 101 Å². The van der Waals surface area contributed by atoms with Gasteiger partial charge in [0.05, 0.1) is 0 Å². The van der Waals surface area contributed by atoms with E-state index in [1.807, 2.05) is 13.0 Å². The molecule has 0 bridgehead atoms. The van der Waals surface area contributed by atoms with Crippen molar-refractivity contribution in [3.05, 3.63) is 11.6 Å². The molecule has 1 fully saturated rings. The van der Waals surface area contributed by atoms with E-state index in [-0.39, 0.29) is 0 Å². The fourth-order valence-corrected chi connectivity index (χ4v) is 2.05. The predicted molar refractivity (Wildman–Crippen MR) is 63.1 cm³/mol. The number of hydrogen-bond acceptors (Lipinski definition) is 3. The van der Waals surface area contributed by atoms with Crippen LogP contribution in [0.15, 0.2) is 11.6 Å². The Morgan fingerprint density at radius 2 is 1.71 bits per heavy atom. The van der Waals surface area contributed by atoms with Crippen LogP contribution in [0.3, 0.4) is 0 Å². The lowest BCUT2D eigenvalue weighted by molar-refractivity contribution is -0.141. The molecule has 1 aliphatic heterocycles. The smallest absolute Gasteiger partial charge is 0.277 e. The largest absolute Gasteiger partial charge is 0.328 e. The molecule has 0 saturated carbocycles. The van der Waals surface area contributed by atoms with Gasteiger partial charge in [0.2, 0.25) is 11.8 Å². The first-order valence-electron chi connectivity index (χ1n) is 5.83. The van der Waals surface area contributed by atoms with Crippen LogP contribution in [-0.4, -0.2) is 17.8 Å². The number of carbonyl (C=O) groups excluding carboxylic acids is 3. The molecule has 0 spiro atoms. The molecular formula is C12H18N2O3. The topological polar surface area (TPSA) is 75.3 Å². The highest BCUT2D eigenvalue weighted by Crippen LogP contribution is 2.33. The minimum Gasteiger partial charge on any atom is -0.277 e. The molecule has 0 aromatic carbocycles. The van der Waals surface area contributed by atoms with E-state index < -0.39 is 23.3 Å². The van der Waals surface area contributed by atoms with Crippen LogP contribution in [0, 0.1) is 5.41 Å². The molecule has 1 aliphatic rings. The maximum atomic E-state index is 11.9. The molecule has 0 aromatic rings. The fourth-order valence-electron chi connectivity index (χ4n) is 2.05. The van der Waals surface area contributed by atoms with Gasteiger partial charge in [0.15, 0.2) is 0 Å². The third-order valence-electron chi connectivity index (χ3n) is 3.17. The van der Waals surface area contributed by atoms with Crippen molar-refractivity contribution < 1.29 is 14.4 Å². The number of amides is 4. The van der Waals surface area contributed by atoms with Crippen molar-refractivity contribution in [3.63, 3.8) is 0 Å². The van der Waals surface area contributed by atoms with Crippen molar-refractivity contribution in [3.8, 4) is 0 Å². The van der Waals surface area contributed by atoms with E-state index in [4.69, 9.17) is 0 Å². The molecule has 5 nitrogen and oxygen atoms in total. The van der Waals surface area contributed by atoms with Gasteiger partial charge < -0.3 is 0 Å². The third kappa shape index (κ3) is 2.23. The second-order valence-corrected chi connectivity index (χ2v) is 4.17. The Morgan fingerprint density at radius 1 is 1.18 bits per heavy atom. The summed E-state index contributed by atoms with van der Waals surface area (Å²) in [4.78, 5) is 34.9. The summed E-state index contributed by atoms with van der Waals surface area (Å²) in [7, 11) is 0. The van der Waals surface area contributed by atoms with E-state index in [9.17, 15) is 14.4 Å². The molecule has 2 N–H and O–H groups in total. The molecule has 5 heteroatoms. The van der Waals surface area contributed by atoms with Gasteiger partial charge in [-0.1, -0.05) is 31.9 Å². The lowest BCUT2D eigenvalue weighted by atomic mass is 9.75. The average Bonchev–Trinajstić information content (AvgIpc) is 2.26. The van der Waals surface area contributed by atoms with Crippen molar-refractivity contribution in [2.45, 2.75) is 40.0 Å². The van der Waals surface area contributed by atoms with E-state index in [0.29, 0.717) is 12.0 Å². The minimum atomic E-state index is -1.23. The Balaban J connectivity index is 3.13. The van der Waals surface area contributed by atoms with Gasteiger partial charge >= 0.3 is 6.03 Å². The first kappa shape index (κ1) is 13.4. The Hall–Kier alpha value is -1.65. The summed E-state index contributed by atoms with van der Waals surface area (Å²) >= 11 is 0. The van der Waals surface area contributed by atoms with Crippen LogP contribution >= 0.6 is 0 Å². The van der Waals surface area contributed by atoms with Crippen LogP contribution in [0.2, 0.25) is 0 Å². The summed E-state index contributed by atoms with van der Waals surface area (Å²) in [5, 5.41) is 4.32. The summed E-state index contributed by atoms with van der Waals surface area (Å²) in [6.45, 7) is 5.54. The zero-order chi connectivity index (χ0) is 13.1. The quantitative estimate of drug-likeness (QED) is 0.575. The van der Waals surface area contributed by atoms with Gasteiger partial charge in [-0.15, -0.1) is 0 Å². The van der Waals surface area contributed by atoms with Gasteiger partial charge in [0.25, 0.3) is 0 Å². The first-order valence-corrected chi connectivity index (χ1v) is 5.83. The van der Waals surface area contributed by atoms with Crippen molar-refractivity contribution in [1.82, 2.24) is 10.6 Å². The minimum absolute atomic E-state index is 0.337. The first-order chi connectivity index (χ1) is 7.98. The molecule has 94 valence electrons. The summed E-state index contributed by atoms with van der Waals surface area (Å²) in [6.07, 6.45) is 3.98. The number of urea groups is 1. The summed E-state index contributed by atoms with van der Waals surface area (Å²) in [6, 6.07) is -0.743. The summed E-state index contributed by atoms with van der Waals surface area (Å²) < 4.78 is 0. The van der Waals surface area contributed by atoms with Crippen molar-refractivity contribution >= 4 is 17.8 Å². The number of barbiturate groups is 1. The van der Waals surface area contributed by atoms with E-state index in [1.54, 1.807) is 13.8 Å². The number of carbonyl (C=O) groups is 3. The van der Waals surface area contributed by atoms with E-state index in [1.165, 1.54) is 0 Å². The second-order valence-electron chi connectivity index (χ2n) is 4.17. The Morgan fingerprint density at radius 3 is 2.12 bits per heavy atom. The van der Waals surface area contributed by atoms with Gasteiger partial charge in [-0.05, 0) is 19.8 Å². The normalized spacial score (nSPS) is 19.9. The van der Waals surface area contributed by atoms with Gasteiger partial charge in [0.1, 0.15) is 5.41 Å². The maximum absolute atomic E-state index is 11.9. The molecule has 0 radical (unpaired) electrons. The van der Waals surface area contributed by atoms with Gasteiger partial charge in [-0.25, -0.2) is 4.79 Å². The molecule has 1 rings (SSSR count). The van der Waals surface area contributed by atoms with Gasteiger partial charge in [-0.3, -0.25) is 20.2 Å². The zero-order valence-electron chi connectivity index (χ0n) is 10.4. The Bertz CT molecular complexity index is 365. The Kier molecular flexibility index (Phi) is 4.04. The number of imide groups is 2. The van der Waals surface area contributed by atoms with E-state index >= 15 is 0 Å². The molecule has 0 unspecified atom stereocenters. The highest BCUT2D eigenvalue weighted by Gasteiger charge is 2.49. The number of nitrogens with one attached hydrogen (secondary N) is 2. The molecule has 0 aromatic heterocycles. The molecule has 0 atom stereocenters. The van der Waals surface area contributed by atoms with Crippen molar-refractivity contribution in [2.24, 2.45) is 5.41 Å². The number of hydrogen-bond donors (Lipinski definition) is 2. The SMILES string of the molecule is CCCC=C(C)C1(CC)C(=O)NC(=O)NC1=O. The van der Waals surface area contributed by atoms with Crippen LogP contribution in [-0.2, 0) is 9.59 Å². The van der Waals surface area contributed by atoms with Crippen LogP contribution in [0.4, 0.5) is 4.79 Å². The zero-order valence-corrected chi connectivity index (χ0v) is 10.4. The highest BCUT2D eigenvalue weighted by molar-refractivity contribution is 6.21. The maximum Gasteiger partial charge on any atom is 0.328 e.